The van der Waals surface area contributed by atoms with Crippen LogP contribution in [0.15, 0.2) is 55.0 Å². The van der Waals surface area contributed by atoms with Crippen molar-refractivity contribution >= 4 is 17.4 Å². The number of benzene rings is 1. The molecular formula is C21H17F2N5O2S. The molecule has 0 bridgehead atoms. The van der Waals surface area contributed by atoms with Gasteiger partial charge < -0.3 is 10.1 Å². The Labute approximate surface area is 180 Å². The Balaban J connectivity index is 1.41. The van der Waals surface area contributed by atoms with Crippen molar-refractivity contribution in [3.63, 3.8) is 0 Å². The molecular weight excluding hydrogens is 424 g/mol. The quantitative estimate of drug-likeness (QED) is 0.482. The van der Waals surface area contributed by atoms with E-state index in [1.54, 1.807) is 42.3 Å². The van der Waals surface area contributed by atoms with Crippen molar-refractivity contribution in [1.29, 1.82) is 0 Å². The van der Waals surface area contributed by atoms with Gasteiger partial charge in [0.15, 0.2) is 0 Å². The third kappa shape index (κ3) is 5.28. The monoisotopic (exact) mass is 441 g/mol. The molecule has 1 aromatic carbocycles. The van der Waals surface area contributed by atoms with Crippen LogP contribution in [0, 0.1) is 18.6 Å². The topological polar surface area (TPSA) is 81.9 Å². The number of aromatic nitrogens is 4. The molecule has 4 aromatic rings. The number of amides is 1. The Hall–Kier alpha value is -3.66. The van der Waals surface area contributed by atoms with E-state index in [9.17, 15) is 13.6 Å². The van der Waals surface area contributed by atoms with E-state index < -0.39 is 17.7 Å². The van der Waals surface area contributed by atoms with Gasteiger partial charge in [0.05, 0.1) is 12.2 Å². The van der Waals surface area contributed by atoms with Crippen molar-refractivity contribution in [1.82, 2.24) is 25.1 Å². The molecule has 7 nitrogen and oxygen atoms in total. The fourth-order valence-electron chi connectivity index (χ4n) is 2.84. The second kappa shape index (κ2) is 9.00. The molecule has 0 saturated carbocycles. The second-order valence-corrected chi connectivity index (χ2v) is 7.63. The number of ether oxygens (including phenoxy) is 1. The Bertz CT molecular complexity index is 1190. The second-order valence-electron chi connectivity index (χ2n) is 6.67. The third-order valence-electron chi connectivity index (χ3n) is 4.23. The summed E-state index contributed by atoms with van der Waals surface area (Å²) in [6.45, 7) is 2.23. The van der Waals surface area contributed by atoms with Gasteiger partial charge in [-0.15, -0.1) is 0 Å². The molecule has 1 amide bonds. The van der Waals surface area contributed by atoms with E-state index >= 15 is 0 Å². The van der Waals surface area contributed by atoms with E-state index in [1.165, 1.54) is 23.5 Å². The number of nitrogens with zero attached hydrogens (tertiary/aromatic N) is 4. The van der Waals surface area contributed by atoms with Crippen LogP contribution in [-0.4, -0.2) is 25.8 Å². The highest BCUT2D eigenvalue weighted by atomic mass is 32.1. The Kier molecular flexibility index (Phi) is 5.99. The average Bonchev–Trinajstić information content (AvgIpc) is 3.33. The number of rotatable bonds is 6. The molecule has 0 radical (unpaired) electrons. The summed E-state index contributed by atoms with van der Waals surface area (Å²) in [7, 11) is 0. The van der Waals surface area contributed by atoms with Gasteiger partial charge in [-0.25, -0.2) is 18.6 Å². The minimum Gasteiger partial charge on any atom is -0.397 e. The standard InChI is InChI=1S/C21H17F2N5O2S/c1-13-20(30-21(29)25-11-14-3-2-5-24-10-14)31-19(26-13)18-4-6-28(27-18)12-15-7-16(22)9-17(23)8-15/h2-10H,11-12H2,1H3,(H,25,29). The van der Waals surface area contributed by atoms with Crippen LogP contribution in [-0.2, 0) is 13.1 Å². The molecule has 4 rings (SSSR count). The van der Waals surface area contributed by atoms with Gasteiger partial charge in [0.1, 0.15) is 22.3 Å². The van der Waals surface area contributed by atoms with Crippen LogP contribution in [0.2, 0.25) is 0 Å². The number of hydrogen-bond acceptors (Lipinski definition) is 6. The van der Waals surface area contributed by atoms with Crippen molar-refractivity contribution in [3.8, 4) is 15.8 Å². The zero-order valence-corrected chi connectivity index (χ0v) is 17.2. The first-order valence-electron chi connectivity index (χ1n) is 9.27. The Morgan fingerprint density at radius 3 is 2.74 bits per heavy atom. The minimum atomic E-state index is -0.637. The minimum absolute atomic E-state index is 0.207. The van der Waals surface area contributed by atoms with Gasteiger partial charge in [-0.05, 0) is 42.3 Å². The van der Waals surface area contributed by atoms with E-state index in [-0.39, 0.29) is 6.54 Å². The number of halogens is 2. The summed E-state index contributed by atoms with van der Waals surface area (Å²) in [5, 5.41) is 7.99. The van der Waals surface area contributed by atoms with E-state index in [2.05, 4.69) is 20.4 Å². The molecule has 0 spiro atoms. The summed E-state index contributed by atoms with van der Waals surface area (Å²) in [6.07, 6.45) is 4.41. The van der Waals surface area contributed by atoms with Crippen LogP contribution in [0.5, 0.6) is 5.06 Å². The van der Waals surface area contributed by atoms with Crippen LogP contribution < -0.4 is 10.1 Å². The molecule has 3 heterocycles. The SMILES string of the molecule is Cc1nc(-c2ccn(Cc3cc(F)cc(F)c3)n2)sc1OC(=O)NCc1cccnc1. The van der Waals surface area contributed by atoms with Crippen LogP contribution in [0.25, 0.3) is 10.7 Å². The lowest BCUT2D eigenvalue weighted by molar-refractivity contribution is 0.201. The molecule has 31 heavy (non-hydrogen) atoms. The van der Waals surface area contributed by atoms with Crippen LogP contribution in [0.3, 0.4) is 0 Å². The number of pyridine rings is 1. The smallest absolute Gasteiger partial charge is 0.397 e. The summed E-state index contributed by atoms with van der Waals surface area (Å²) in [4.78, 5) is 20.5. The van der Waals surface area contributed by atoms with Gasteiger partial charge >= 0.3 is 6.09 Å². The third-order valence-corrected chi connectivity index (χ3v) is 5.28. The molecule has 1 N–H and O–H groups in total. The summed E-state index contributed by atoms with van der Waals surface area (Å²) < 4.78 is 33.7. The van der Waals surface area contributed by atoms with Gasteiger partial charge in [-0.2, -0.15) is 5.10 Å². The normalized spacial score (nSPS) is 10.8. The predicted octanol–water partition coefficient (Wildman–Crippen LogP) is 4.33. The van der Waals surface area contributed by atoms with Crippen molar-refractivity contribution in [3.05, 3.63) is 83.4 Å². The number of aryl methyl sites for hydroxylation is 1. The fourth-order valence-corrected chi connectivity index (χ4v) is 3.72. The Morgan fingerprint density at radius 1 is 1.19 bits per heavy atom. The molecule has 10 heteroatoms. The van der Waals surface area contributed by atoms with Crippen LogP contribution >= 0.6 is 11.3 Å². The highest BCUT2D eigenvalue weighted by Crippen LogP contribution is 2.33. The van der Waals surface area contributed by atoms with E-state index in [0.29, 0.717) is 33.6 Å². The maximum atomic E-state index is 13.4. The highest BCUT2D eigenvalue weighted by Gasteiger charge is 2.16. The van der Waals surface area contributed by atoms with Gasteiger partial charge in [-0.3, -0.25) is 9.67 Å². The maximum Gasteiger partial charge on any atom is 0.413 e. The number of hydrogen-bond donors (Lipinski definition) is 1. The van der Waals surface area contributed by atoms with Crippen molar-refractivity contribution in [2.24, 2.45) is 0 Å². The summed E-state index contributed by atoms with van der Waals surface area (Å²) in [6, 6.07) is 8.71. The molecule has 158 valence electrons. The first kappa shape index (κ1) is 20.6. The Morgan fingerprint density at radius 2 is 2.00 bits per heavy atom. The van der Waals surface area contributed by atoms with E-state index in [1.807, 2.05) is 6.07 Å². The molecule has 0 fully saturated rings. The molecule has 0 aliphatic carbocycles. The summed E-state index contributed by atoms with van der Waals surface area (Å²) in [5.41, 5.74) is 2.43. The lowest BCUT2D eigenvalue weighted by Gasteiger charge is -2.04. The first-order chi connectivity index (χ1) is 15.0. The number of thiazole rings is 1. The number of carbonyl (C=O) groups is 1. The van der Waals surface area contributed by atoms with Crippen LogP contribution in [0.4, 0.5) is 13.6 Å². The number of carbonyl (C=O) groups excluding carboxylic acids is 1. The molecule has 0 aliphatic heterocycles. The molecule has 0 aliphatic rings. The highest BCUT2D eigenvalue weighted by molar-refractivity contribution is 7.17. The summed E-state index contributed by atoms with van der Waals surface area (Å²) >= 11 is 1.18. The predicted molar refractivity (Wildman–Crippen MR) is 111 cm³/mol. The average molecular weight is 441 g/mol. The molecule has 0 unspecified atom stereocenters. The van der Waals surface area contributed by atoms with Crippen LogP contribution in [0.1, 0.15) is 16.8 Å². The van der Waals surface area contributed by atoms with Gasteiger partial charge in [0, 0.05) is 31.2 Å². The van der Waals surface area contributed by atoms with Gasteiger partial charge in [0.2, 0.25) is 5.06 Å². The van der Waals surface area contributed by atoms with Gasteiger partial charge in [-0.1, -0.05) is 17.4 Å². The molecule has 0 saturated heterocycles. The lowest BCUT2D eigenvalue weighted by atomic mass is 10.2. The largest absolute Gasteiger partial charge is 0.413 e. The van der Waals surface area contributed by atoms with Crippen molar-refractivity contribution < 1.29 is 18.3 Å². The molecule has 0 atom stereocenters. The first-order valence-corrected chi connectivity index (χ1v) is 10.1. The van der Waals surface area contributed by atoms with Crippen molar-refractivity contribution in [2.75, 3.05) is 0 Å². The van der Waals surface area contributed by atoms with E-state index in [4.69, 9.17) is 4.74 Å². The molecule has 3 aromatic heterocycles. The lowest BCUT2D eigenvalue weighted by Crippen LogP contribution is -2.26. The van der Waals surface area contributed by atoms with E-state index in [0.717, 1.165) is 11.6 Å². The van der Waals surface area contributed by atoms with Gasteiger partial charge in [0.25, 0.3) is 0 Å². The number of nitrogens with one attached hydrogen (secondary N) is 1. The van der Waals surface area contributed by atoms with Crippen molar-refractivity contribution in [2.45, 2.75) is 20.0 Å². The summed E-state index contributed by atoms with van der Waals surface area (Å²) in [5.74, 6) is -1.27. The zero-order chi connectivity index (χ0) is 21.8. The fraction of sp³-hybridized carbons (Fsp3) is 0.143. The zero-order valence-electron chi connectivity index (χ0n) is 16.4. The maximum absolute atomic E-state index is 13.4.